The number of carbonyl (C=O) groups is 2. The maximum Gasteiger partial charge on any atom is 0.573 e. The number of hydrogen-bond acceptors (Lipinski definition) is 5. The largest absolute Gasteiger partial charge is 0.573 e. The summed E-state index contributed by atoms with van der Waals surface area (Å²) in [7, 11) is 0. The van der Waals surface area contributed by atoms with E-state index in [1.54, 1.807) is 6.07 Å². The first-order chi connectivity index (χ1) is 18.0. The highest BCUT2D eigenvalue weighted by Crippen LogP contribution is 2.35. The molecular formula is C27H27BrF3N3O4. The van der Waals surface area contributed by atoms with Gasteiger partial charge >= 0.3 is 12.3 Å². The van der Waals surface area contributed by atoms with E-state index in [1.807, 2.05) is 25.1 Å². The zero-order valence-corrected chi connectivity index (χ0v) is 22.2. The van der Waals surface area contributed by atoms with Crippen LogP contribution in [-0.2, 0) is 4.79 Å². The van der Waals surface area contributed by atoms with Gasteiger partial charge in [0.25, 0.3) is 5.91 Å². The Morgan fingerprint density at radius 3 is 2.58 bits per heavy atom. The number of rotatable bonds is 9. The lowest BCUT2D eigenvalue weighted by Crippen LogP contribution is -2.31. The monoisotopic (exact) mass is 593 g/mol. The van der Waals surface area contributed by atoms with E-state index in [1.165, 1.54) is 18.2 Å². The summed E-state index contributed by atoms with van der Waals surface area (Å²) in [5.74, 6) is -1.93. The predicted molar refractivity (Wildman–Crippen MR) is 141 cm³/mol. The highest BCUT2D eigenvalue weighted by atomic mass is 79.9. The Kier molecular flexibility index (Phi) is 8.44. The number of carboxylic acid groups (broad SMARTS) is 1. The smallest absolute Gasteiger partial charge is 0.481 e. The molecule has 2 aromatic carbocycles. The average Bonchev–Trinajstić information content (AvgIpc) is 3.38. The van der Waals surface area contributed by atoms with Crippen molar-refractivity contribution in [2.45, 2.75) is 44.9 Å². The molecule has 2 N–H and O–H groups in total. The highest BCUT2D eigenvalue weighted by molar-refractivity contribution is 9.10. The molecular weight excluding hydrogens is 567 g/mol. The van der Waals surface area contributed by atoms with Crippen molar-refractivity contribution >= 4 is 44.5 Å². The molecule has 2 heterocycles. The second-order valence-corrected chi connectivity index (χ2v) is 10.1. The molecule has 1 fully saturated rings. The van der Waals surface area contributed by atoms with Crippen LogP contribution in [0.4, 0.5) is 19.0 Å². The van der Waals surface area contributed by atoms with Crippen molar-refractivity contribution in [2.75, 3.05) is 24.5 Å². The molecule has 1 amide bonds. The van der Waals surface area contributed by atoms with Crippen LogP contribution in [0.3, 0.4) is 0 Å². The third kappa shape index (κ3) is 6.56. The number of halogens is 4. The maximum absolute atomic E-state index is 13.6. The van der Waals surface area contributed by atoms with Gasteiger partial charge in [0.05, 0.1) is 11.1 Å². The van der Waals surface area contributed by atoms with E-state index in [2.05, 4.69) is 30.9 Å². The number of aromatic nitrogens is 1. The quantitative estimate of drug-likeness (QED) is 0.308. The molecule has 1 aliphatic rings. The van der Waals surface area contributed by atoms with Crippen molar-refractivity contribution in [1.82, 2.24) is 10.3 Å². The van der Waals surface area contributed by atoms with Crippen molar-refractivity contribution in [1.29, 1.82) is 0 Å². The Bertz CT molecular complexity index is 1340. The third-order valence-corrected chi connectivity index (χ3v) is 7.09. The van der Waals surface area contributed by atoms with E-state index in [4.69, 9.17) is 4.98 Å². The first-order valence-electron chi connectivity index (χ1n) is 12.2. The summed E-state index contributed by atoms with van der Waals surface area (Å²) in [6.45, 7) is 3.43. The summed E-state index contributed by atoms with van der Waals surface area (Å²) in [5, 5.41) is 12.7. The summed E-state index contributed by atoms with van der Waals surface area (Å²) in [4.78, 5) is 31.9. The Morgan fingerprint density at radius 1 is 1.18 bits per heavy atom. The number of anilines is 1. The van der Waals surface area contributed by atoms with Crippen molar-refractivity contribution < 1.29 is 32.6 Å². The van der Waals surface area contributed by atoms with Crippen LogP contribution in [-0.4, -0.2) is 48.0 Å². The van der Waals surface area contributed by atoms with Crippen LogP contribution in [0.15, 0.2) is 46.9 Å². The number of carbonyl (C=O) groups excluding carboxylic acids is 1. The minimum absolute atomic E-state index is 0.00843. The average molecular weight is 594 g/mol. The lowest BCUT2D eigenvalue weighted by atomic mass is 9.93. The third-order valence-electron chi connectivity index (χ3n) is 6.60. The van der Waals surface area contributed by atoms with Gasteiger partial charge in [0, 0.05) is 47.4 Å². The molecule has 3 aromatic rings. The van der Waals surface area contributed by atoms with Crippen LogP contribution in [0.2, 0.25) is 0 Å². The fraction of sp³-hybridized carbons (Fsp3) is 0.370. The molecule has 0 saturated carbocycles. The zero-order valence-electron chi connectivity index (χ0n) is 20.6. The second kappa shape index (κ2) is 11.6. The molecule has 1 saturated heterocycles. The molecule has 202 valence electrons. The molecule has 0 spiro atoms. The van der Waals surface area contributed by atoms with Gasteiger partial charge in [-0.05, 0) is 56.0 Å². The highest BCUT2D eigenvalue weighted by Gasteiger charge is 2.33. The number of nitrogens with one attached hydrogen (secondary N) is 1. The van der Waals surface area contributed by atoms with Gasteiger partial charge in [-0.3, -0.25) is 9.59 Å². The molecule has 0 unspecified atom stereocenters. The van der Waals surface area contributed by atoms with Gasteiger partial charge in [-0.2, -0.15) is 0 Å². The predicted octanol–water partition coefficient (Wildman–Crippen LogP) is 6.18. The number of pyridine rings is 1. The summed E-state index contributed by atoms with van der Waals surface area (Å²) in [6, 6.07) is 11.1. The van der Waals surface area contributed by atoms with E-state index in [0.29, 0.717) is 22.0 Å². The standard InChI is InChI=1S/C27H27BrF3N3O4/c1-16-24(20-14-18(28)9-10-21(20)33-25(16)34-12-4-5-13-34)26(37)32-15-17(8-11-23(35)36)19-6-2-3-7-22(19)38-27(29,30)31/h2-3,6-7,9-10,14,17H,4-5,8,11-13,15H2,1H3,(H,32,37)(H,35,36)/t17-/m0/s1. The van der Waals surface area contributed by atoms with E-state index >= 15 is 0 Å². The van der Waals surface area contributed by atoms with Crippen molar-refractivity contribution in [2.24, 2.45) is 0 Å². The van der Waals surface area contributed by atoms with E-state index in [0.717, 1.165) is 36.2 Å². The lowest BCUT2D eigenvalue weighted by molar-refractivity contribution is -0.275. The molecule has 38 heavy (non-hydrogen) atoms. The fourth-order valence-electron chi connectivity index (χ4n) is 4.85. The van der Waals surface area contributed by atoms with Gasteiger partial charge in [0.2, 0.25) is 0 Å². The second-order valence-electron chi connectivity index (χ2n) is 9.22. The number of para-hydroxylation sites is 1. The molecule has 1 aromatic heterocycles. The normalized spacial score (nSPS) is 14.5. The number of amides is 1. The van der Waals surface area contributed by atoms with Gasteiger partial charge in [0.1, 0.15) is 11.6 Å². The Hall–Kier alpha value is -3.34. The lowest BCUT2D eigenvalue weighted by Gasteiger charge is -2.24. The van der Waals surface area contributed by atoms with E-state index in [-0.39, 0.29) is 24.9 Å². The fourth-order valence-corrected chi connectivity index (χ4v) is 5.21. The van der Waals surface area contributed by atoms with Gasteiger partial charge < -0.3 is 20.1 Å². The summed E-state index contributed by atoms with van der Waals surface area (Å²) < 4.78 is 44.0. The number of hydrogen-bond donors (Lipinski definition) is 2. The minimum Gasteiger partial charge on any atom is -0.481 e. The maximum atomic E-state index is 13.6. The van der Waals surface area contributed by atoms with Crippen molar-refractivity contribution in [3.05, 3.63) is 63.6 Å². The molecule has 0 bridgehead atoms. The first kappa shape index (κ1) is 27.7. The first-order valence-corrected chi connectivity index (χ1v) is 13.0. The molecule has 1 aliphatic heterocycles. The Labute approximate surface area is 226 Å². The van der Waals surface area contributed by atoms with Gasteiger partial charge in [0.15, 0.2) is 0 Å². The molecule has 11 heteroatoms. The van der Waals surface area contributed by atoms with E-state index in [9.17, 15) is 27.9 Å². The number of nitrogens with zero attached hydrogens (tertiary/aromatic N) is 2. The number of alkyl halides is 3. The molecule has 0 radical (unpaired) electrons. The van der Waals surface area contributed by atoms with Crippen LogP contribution in [0.25, 0.3) is 10.9 Å². The van der Waals surface area contributed by atoms with Crippen LogP contribution in [0, 0.1) is 6.92 Å². The van der Waals surface area contributed by atoms with Crippen molar-refractivity contribution in [3.8, 4) is 5.75 Å². The van der Waals surface area contributed by atoms with Crippen LogP contribution in [0.1, 0.15) is 53.1 Å². The number of aliphatic carboxylic acids is 1. The summed E-state index contributed by atoms with van der Waals surface area (Å²) in [5.41, 5.74) is 1.95. The molecule has 1 atom stereocenters. The number of benzene rings is 2. The van der Waals surface area contributed by atoms with Crippen LogP contribution >= 0.6 is 15.9 Å². The van der Waals surface area contributed by atoms with Crippen molar-refractivity contribution in [3.63, 3.8) is 0 Å². The molecule has 7 nitrogen and oxygen atoms in total. The summed E-state index contributed by atoms with van der Waals surface area (Å²) in [6.07, 6.45) is -3.13. The van der Waals surface area contributed by atoms with Crippen LogP contribution in [0.5, 0.6) is 5.75 Å². The van der Waals surface area contributed by atoms with Gasteiger partial charge in [-0.25, -0.2) is 4.98 Å². The van der Waals surface area contributed by atoms with Crippen LogP contribution < -0.4 is 15.0 Å². The SMILES string of the molecule is Cc1c(N2CCCC2)nc2ccc(Br)cc2c1C(=O)NC[C@H](CCC(=O)O)c1ccccc1OC(F)(F)F. The molecule has 4 rings (SSSR count). The topological polar surface area (TPSA) is 91.8 Å². The number of carboxylic acids is 1. The number of ether oxygens (including phenoxy) is 1. The number of fused-ring (bicyclic) bond motifs is 1. The molecule has 0 aliphatic carbocycles. The zero-order chi connectivity index (χ0) is 27.4. The Balaban J connectivity index is 1.67. The van der Waals surface area contributed by atoms with Gasteiger partial charge in [-0.15, -0.1) is 13.2 Å². The Morgan fingerprint density at radius 2 is 1.89 bits per heavy atom. The minimum atomic E-state index is -4.91. The van der Waals surface area contributed by atoms with Gasteiger partial charge in [-0.1, -0.05) is 34.1 Å². The van der Waals surface area contributed by atoms with E-state index < -0.39 is 29.9 Å². The summed E-state index contributed by atoms with van der Waals surface area (Å²) >= 11 is 3.45.